The van der Waals surface area contributed by atoms with Crippen LogP contribution < -0.4 is 10.1 Å². The molecule has 1 aromatic carbocycles. The van der Waals surface area contributed by atoms with E-state index in [1.165, 1.54) is 30.9 Å². The van der Waals surface area contributed by atoms with Crippen molar-refractivity contribution in [3.63, 3.8) is 0 Å². The number of methoxy groups -OCH3 is 1. The Balaban J connectivity index is 2.16. The van der Waals surface area contributed by atoms with E-state index in [-0.39, 0.29) is 11.6 Å². The van der Waals surface area contributed by atoms with E-state index in [4.69, 9.17) is 9.84 Å². The Morgan fingerprint density at radius 2 is 2.14 bits per heavy atom. The molecule has 0 saturated heterocycles. The van der Waals surface area contributed by atoms with Crippen LogP contribution in [-0.2, 0) is 0 Å². The van der Waals surface area contributed by atoms with Gasteiger partial charge in [-0.05, 0) is 31.5 Å². The minimum atomic E-state index is -1.05. The van der Waals surface area contributed by atoms with Gasteiger partial charge < -0.3 is 20.1 Å². The Morgan fingerprint density at radius 1 is 1.38 bits per heavy atom. The van der Waals surface area contributed by atoms with Crippen molar-refractivity contribution in [2.45, 2.75) is 13.3 Å². The Labute approximate surface area is 123 Å². The summed E-state index contributed by atoms with van der Waals surface area (Å²) >= 11 is 0. The molecule has 1 aliphatic rings. The van der Waals surface area contributed by atoms with E-state index < -0.39 is 5.97 Å². The van der Waals surface area contributed by atoms with Gasteiger partial charge in [-0.3, -0.25) is 0 Å². The number of carboxylic acid groups (broad SMARTS) is 1. The number of rotatable bonds is 3. The second-order valence-corrected chi connectivity index (χ2v) is 4.90. The number of ether oxygens (including phenoxy) is 1. The van der Waals surface area contributed by atoms with Crippen LogP contribution in [0.2, 0.25) is 0 Å². The van der Waals surface area contributed by atoms with Crippen molar-refractivity contribution in [3.8, 4) is 5.75 Å². The summed E-state index contributed by atoms with van der Waals surface area (Å²) in [6, 6.07) is 4.09. The van der Waals surface area contributed by atoms with E-state index in [2.05, 4.69) is 5.32 Å². The zero-order chi connectivity index (χ0) is 15.4. The molecule has 0 radical (unpaired) electrons. The molecule has 1 aliphatic heterocycles. The first-order valence-corrected chi connectivity index (χ1v) is 6.64. The highest BCUT2D eigenvalue weighted by molar-refractivity contribution is 5.95. The molecule has 0 spiro atoms. The van der Waals surface area contributed by atoms with Gasteiger partial charge in [0.2, 0.25) is 0 Å². The summed E-state index contributed by atoms with van der Waals surface area (Å²) in [5, 5.41) is 11.7. The first-order valence-electron chi connectivity index (χ1n) is 6.64. The molecule has 0 aromatic heterocycles. The molecule has 6 nitrogen and oxygen atoms in total. The third kappa shape index (κ3) is 3.53. The van der Waals surface area contributed by atoms with Gasteiger partial charge in [-0.2, -0.15) is 0 Å². The fraction of sp³-hybridized carbons (Fsp3) is 0.333. The van der Waals surface area contributed by atoms with Crippen molar-refractivity contribution in [1.29, 1.82) is 0 Å². The van der Waals surface area contributed by atoms with E-state index in [0.717, 1.165) is 6.42 Å². The van der Waals surface area contributed by atoms with Crippen LogP contribution in [-0.4, -0.2) is 42.2 Å². The minimum absolute atomic E-state index is 0.0977. The average molecular weight is 290 g/mol. The van der Waals surface area contributed by atoms with Gasteiger partial charge in [0, 0.05) is 13.1 Å². The minimum Gasteiger partial charge on any atom is -0.495 e. The van der Waals surface area contributed by atoms with Crippen LogP contribution in [0.3, 0.4) is 0 Å². The third-order valence-electron chi connectivity index (χ3n) is 3.41. The molecular formula is C15H18N2O4. The molecular weight excluding hydrogens is 272 g/mol. The number of benzene rings is 1. The SMILES string of the molecule is COc1ccc(C(=O)O)cc1NC(=O)N1CC=C(C)CC1. The molecule has 0 bridgehead atoms. The molecule has 112 valence electrons. The number of nitrogens with zero attached hydrogens (tertiary/aromatic N) is 1. The number of amides is 2. The first kappa shape index (κ1) is 14.9. The number of carbonyl (C=O) groups excluding carboxylic acids is 1. The lowest BCUT2D eigenvalue weighted by Crippen LogP contribution is -2.38. The monoisotopic (exact) mass is 290 g/mol. The molecule has 2 amide bonds. The van der Waals surface area contributed by atoms with Gasteiger partial charge in [0.05, 0.1) is 18.4 Å². The van der Waals surface area contributed by atoms with E-state index in [0.29, 0.717) is 24.5 Å². The van der Waals surface area contributed by atoms with Crippen molar-refractivity contribution in [3.05, 3.63) is 35.4 Å². The van der Waals surface area contributed by atoms with Crippen LogP contribution in [0.1, 0.15) is 23.7 Å². The summed E-state index contributed by atoms with van der Waals surface area (Å²) in [6.07, 6.45) is 2.85. The fourth-order valence-corrected chi connectivity index (χ4v) is 2.09. The Kier molecular flexibility index (Phi) is 4.47. The quantitative estimate of drug-likeness (QED) is 0.839. The van der Waals surface area contributed by atoms with E-state index in [9.17, 15) is 9.59 Å². The number of urea groups is 1. The fourth-order valence-electron chi connectivity index (χ4n) is 2.09. The molecule has 2 rings (SSSR count). The molecule has 0 saturated carbocycles. The standard InChI is InChI=1S/C15H18N2O4/c1-10-5-7-17(8-6-10)15(20)16-12-9-11(14(18)19)3-4-13(12)21-2/h3-5,9H,6-8H2,1-2H3,(H,16,20)(H,18,19). The number of anilines is 1. The van der Waals surface area contributed by atoms with Gasteiger partial charge in [-0.1, -0.05) is 11.6 Å². The Hall–Kier alpha value is -2.50. The van der Waals surface area contributed by atoms with Crippen LogP contribution in [0, 0.1) is 0 Å². The highest BCUT2D eigenvalue weighted by atomic mass is 16.5. The molecule has 0 fully saturated rings. The second kappa shape index (κ2) is 6.30. The molecule has 21 heavy (non-hydrogen) atoms. The number of nitrogens with one attached hydrogen (secondary N) is 1. The Morgan fingerprint density at radius 3 is 2.71 bits per heavy atom. The summed E-state index contributed by atoms with van der Waals surface area (Å²) < 4.78 is 5.15. The highest BCUT2D eigenvalue weighted by Gasteiger charge is 2.18. The van der Waals surface area contributed by atoms with E-state index >= 15 is 0 Å². The number of hydrogen-bond donors (Lipinski definition) is 2. The maximum atomic E-state index is 12.2. The molecule has 0 unspecified atom stereocenters. The summed E-state index contributed by atoms with van der Waals surface area (Å²) in [5.41, 5.74) is 1.72. The maximum Gasteiger partial charge on any atom is 0.335 e. The normalized spacial score (nSPS) is 14.4. The van der Waals surface area contributed by atoms with Crippen LogP contribution in [0.25, 0.3) is 0 Å². The van der Waals surface area contributed by atoms with E-state index in [1.54, 1.807) is 4.90 Å². The van der Waals surface area contributed by atoms with Crippen LogP contribution in [0.4, 0.5) is 10.5 Å². The zero-order valence-electron chi connectivity index (χ0n) is 12.0. The van der Waals surface area contributed by atoms with Gasteiger partial charge in [0.25, 0.3) is 0 Å². The zero-order valence-corrected chi connectivity index (χ0v) is 12.0. The summed E-state index contributed by atoms with van der Waals surface area (Å²) in [7, 11) is 1.47. The predicted octanol–water partition coefficient (Wildman–Crippen LogP) is 2.58. The van der Waals surface area contributed by atoms with Gasteiger partial charge in [0.15, 0.2) is 0 Å². The molecule has 1 aromatic rings. The second-order valence-electron chi connectivity index (χ2n) is 4.90. The average Bonchev–Trinajstić information content (AvgIpc) is 2.47. The lowest BCUT2D eigenvalue weighted by atomic mass is 10.1. The van der Waals surface area contributed by atoms with Crippen LogP contribution in [0.15, 0.2) is 29.8 Å². The molecule has 6 heteroatoms. The van der Waals surface area contributed by atoms with Gasteiger partial charge in [-0.25, -0.2) is 9.59 Å². The number of carboxylic acids is 1. The largest absolute Gasteiger partial charge is 0.495 e. The number of aromatic carboxylic acids is 1. The van der Waals surface area contributed by atoms with Gasteiger partial charge in [0.1, 0.15) is 5.75 Å². The summed E-state index contributed by atoms with van der Waals surface area (Å²) in [6.45, 7) is 3.24. The first-order chi connectivity index (χ1) is 10.0. The van der Waals surface area contributed by atoms with E-state index in [1.807, 2.05) is 13.0 Å². The van der Waals surface area contributed by atoms with Crippen molar-refractivity contribution in [1.82, 2.24) is 4.90 Å². The lowest BCUT2D eigenvalue weighted by molar-refractivity contribution is 0.0697. The van der Waals surface area contributed by atoms with Crippen molar-refractivity contribution >= 4 is 17.7 Å². The van der Waals surface area contributed by atoms with Gasteiger partial charge >= 0.3 is 12.0 Å². The molecule has 0 aliphatic carbocycles. The predicted molar refractivity (Wildman–Crippen MR) is 78.9 cm³/mol. The molecule has 2 N–H and O–H groups in total. The topological polar surface area (TPSA) is 78.9 Å². The van der Waals surface area contributed by atoms with Crippen molar-refractivity contribution in [2.75, 3.05) is 25.5 Å². The highest BCUT2D eigenvalue weighted by Crippen LogP contribution is 2.26. The summed E-state index contributed by atoms with van der Waals surface area (Å²) in [5.74, 6) is -0.623. The third-order valence-corrected chi connectivity index (χ3v) is 3.41. The summed E-state index contributed by atoms with van der Waals surface area (Å²) in [4.78, 5) is 24.9. The van der Waals surface area contributed by atoms with Crippen LogP contribution >= 0.6 is 0 Å². The molecule has 1 heterocycles. The lowest BCUT2D eigenvalue weighted by Gasteiger charge is -2.26. The van der Waals surface area contributed by atoms with Crippen molar-refractivity contribution < 1.29 is 19.4 Å². The van der Waals surface area contributed by atoms with Crippen LogP contribution in [0.5, 0.6) is 5.75 Å². The van der Waals surface area contributed by atoms with Crippen molar-refractivity contribution in [2.24, 2.45) is 0 Å². The number of carbonyl (C=O) groups is 2. The van der Waals surface area contributed by atoms with Gasteiger partial charge in [-0.15, -0.1) is 0 Å². The maximum absolute atomic E-state index is 12.2. The number of hydrogen-bond acceptors (Lipinski definition) is 3. The Bertz CT molecular complexity index is 595. The molecule has 0 atom stereocenters. The smallest absolute Gasteiger partial charge is 0.335 e.